The van der Waals surface area contributed by atoms with Crippen molar-refractivity contribution in [3.8, 4) is 0 Å². The van der Waals surface area contributed by atoms with Crippen LogP contribution in [-0.2, 0) is 0 Å². The maximum absolute atomic E-state index is 12.1. The summed E-state index contributed by atoms with van der Waals surface area (Å²) in [6.07, 6.45) is -2.22. The molecule has 0 bridgehead atoms. The molecule has 90 valence electrons. The topological polar surface area (TPSA) is 32.5 Å². The van der Waals surface area contributed by atoms with Gasteiger partial charge in [-0.2, -0.15) is 0 Å². The second kappa shape index (κ2) is 5.18. The van der Waals surface area contributed by atoms with Crippen LogP contribution in [0.3, 0.4) is 0 Å². The van der Waals surface area contributed by atoms with Gasteiger partial charge in [0.25, 0.3) is 6.43 Å². The second-order valence-corrected chi connectivity index (χ2v) is 4.96. The molecular formula is C10H21F2N3. The van der Waals surface area contributed by atoms with Crippen molar-refractivity contribution in [2.75, 3.05) is 39.3 Å². The molecule has 2 N–H and O–H groups in total. The lowest BCUT2D eigenvalue weighted by atomic mass is 10.1. The minimum absolute atomic E-state index is 0.0974. The molecule has 0 aliphatic carbocycles. The summed E-state index contributed by atoms with van der Waals surface area (Å²) < 4.78 is 24.2. The molecule has 1 aliphatic heterocycles. The minimum Gasteiger partial charge on any atom is -0.324 e. The first-order chi connectivity index (χ1) is 6.87. The first-order valence-corrected chi connectivity index (χ1v) is 5.38. The molecule has 3 nitrogen and oxygen atoms in total. The van der Waals surface area contributed by atoms with Crippen molar-refractivity contribution in [2.24, 2.45) is 5.73 Å². The van der Waals surface area contributed by atoms with E-state index in [0.717, 1.165) is 32.7 Å². The maximum atomic E-state index is 12.1. The van der Waals surface area contributed by atoms with Gasteiger partial charge in [-0.25, -0.2) is 8.78 Å². The molecule has 0 spiro atoms. The van der Waals surface area contributed by atoms with Crippen LogP contribution >= 0.6 is 0 Å². The fraction of sp³-hybridized carbons (Fsp3) is 1.00. The zero-order chi connectivity index (χ0) is 11.5. The first kappa shape index (κ1) is 12.8. The summed E-state index contributed by atoms with van der Waals surface area (Å²) in [5, 5.41) is 0. The van der Waals surface area contributed by atoms with Gasteiger partial charge in [-0.3, -0.25) is 9.80 Å². The first-order valence-electron chi connectivity index (χ1n) is 5.38. The summed E-state index contributed by atoms with van der Waals surface area (Å²) >= 11 is 0. The summed E-state index contributed by atoms with van der Waals surface area (Å²) in [5.41, 5.74) is 5.70. The highest BCUT2D eigenvalue weighted by Gasteiger charge is 2.22. The monoisotopic (exact) mass is 221 g/mol. The molecule has 5 heteroatoms. The van der Waals surface area contributed by atoms with Crippen LogP contribution in [0.4, 0.5) is 8.78 Å². The number of piperazine rings is 1. The fourth-order valence-corrected chi connectivity index (χ4v) is 1.90. The van der Waals surface area contributed by atoms with Gasteiger partial charge in [0.15, 0.2) is 0 Å². The fourth-order valence-electron chi connectivity index (χ4n) is 1.90. The van der Waals surface area contributed by atoms with Gasteiger partial charge in [-0.1, -0.05) is 0 Å². The third-order valence-corrected chi connectivity index (χ3v) is 2.49. The molecule has 1 rings (SSSR count). The molecule has 1 saturated heterocycles. The number of alkyl halides is 2. The van der Waals surface area contributed by atoms with Crippen LogP contribution in [-0.4, -0.2) is 61.0 Å². The van der Waals surface area contributed by atoms with Gasteiger partial charge in [-0.15, -0.1) is 0 Å². The number of halogens is 2. The van der Waals surface area contributed by atoms with Crippen molar-refractivity contribution >= 4 is 0 Å². The number of nitrogens with two attached hydrogens (primary N) is 1. The van der Waals surface area contributed by atoms with E-state index in [4.69, 9.17) is 5.73 Å². The van der Waals surface area contributed by atoms with E-state index in [1.54, 1.807) is 0 Å². The zero-order valence-electron chi connectivity index (χ0n) is 9.55. The van der Waals surface area contributed by atoms with E-state index in [1.165, 1.54) is 0 Å². The Bertz CT molecular complexity index is 184. The van der Waals surface area contributed by atoms with Gasteiger partial charge in [0.05, 0.1) is 6.54 Å². The van der Waals surface area contributed by atoms with Crippen molar-refractivity contribution in [1.82, 2.24) is 9.80 Å². The van der Waals surface area contributed by atoms with Crippen LogP contribution < -0.4 is 5.73 Å². The predicted molar refractivity (Wildman–Crippen MR) is 57.2 cm³/mol. The molecule has 1 aliphatic rings. The molecule has 0 radical (unpaired) electrons. The van der Waals surface area contributed by atoms with E-state index < -0.39 is 6.43 Å². The van der Waals surface area contributed by atoms with Crippen molar-refractivity contribution in [3.05, 3.63) is 0 Å². The van der Waals surface area contributed by atoms with Crippen LogP contribution in [0.5, 0.6) is 0 Å². The van der Waals surface area contributed by atoms with E-state index in [1.807, 2.05) is 18.7 Å². The normalized spacial score (nSPS) is 21.2. The Morgan fingerprint density at radius 2 is 1.60 bits per heavy atom. The molecule has 15 heavy (non-hydrogen) atoms. The third-order valence-electron chi connectivity index (χ3n) is 2.49. The van der Waals surface area contributed by atoms with Crippen LogP contribution in [0.1, 0.15) is 13.8 Å². The summed E-state index contributed by atoms with van der Waals surface area (Å²) in [6.45, 7) is 7.83. The quantitative estimate of drug-likeness (QED) is 0.755. The molecular weight excluding hydrogens is 200 g/mol. The average Bonchev–Trinajstić information content (AvgIpc) is 2.05. The Hall–Kier alpha value is -0.260. The summed E-state index contributed by atoms with van der Waals surface area (Å²) in [7, 11) is 0. The lowest BCUT2D eigenvalue weighted by molar-refractivity contribution is 0.0517. The van der Waals surface area contributed by atoms with Gasteiger partial charge in [0.2, 0.25) is 0 Å². The Morgan fingerprint density at radius 1 is 1.13 bits per heavy atom. The highest BCUT2D eigenvalue weighted by molar-refractivity contribution is 4.81. The largest absolute Gasteiger partial charge is 0.324 e. The standard InChI is InChI=1S/C10H21F2N3/c1-10(2,13)8-15-5-3-14(4-6-15)7-9(11)12/h9H,3-8,13H2,1-2H3. The van der Waals surface area contributed by atoms with Gasteiger partial charge >= 0.3 is 0 Å². The van der Waals surface area contributed by atoms with E-state index in [2.05, 4.69) is 4.90 Å². The SMILES string of the molecule is CC(C)(N)CN1CCN(CC(F)F)CC1. The molecule has 0 aromatic heterocycles. The molecule has 0 unspecified atom stereocenters. The van der Waals surface area contributed by atoms with Crippen molar-refractivity contribution < 1.29 is 8.78 Å². The molecule has 0 amide bonds. The Labute approximate surface area is 90.2 Å². The molecule has 1 fully saturated rings. The van der Waals surface area contributed by atoms with Gasteiger partial charge in [0, 0.05) is 38.3 Å². The minimum atomic E-state index is -2.22. The average molecular weight is 221 g/mol. The lowest BCUT2D eigenvalue weighted by Crippen LogP contribution is -2.53. The third kappa shape index (κ3) is 5.39. The zero-order valence-corrected chi connectivity index (χ0v) is 9.55. The highest BCUT2D eigenvalue weighted by Crippen LogP contribution is 2.08. The number of hydrogen-bond acceptors (Lipinski definition) is 3. The number of nitrogens with zero attached hydrogens (tertiary/aromatic N) is 2. The van der Waals surface area contributed by atoms with Crippen molar-refractivity contribution in [1.29, 1.82) is 0 Å². The maximum Gasteiger partial charge on any atom is 0.251 e. The second-order valence-electron chi connectivity index (χ2n) is 4.96. The molecule has 0 atom stereocenters. The molecule has 1 heterocycles. The molecule has 0 aromatic carbocycles. The Morgan fingerprint density at radius 3 is 2.00 bits per heavy atom. The summed E-state index contributed by atoms with van der Waals surface area (Å²) in [4.78, 5) is 4.05. The van der Waals surface area contributed by atoms with E-state index in [0.29, 0.717) is 0 Å². The van der Waals surface area contributed by atoms with Crippen LogP contribution in [0, 0.1) is 0 Å². The van der Waals surface area contributed by atoms with E-state index in [9.17, 15) is 8.78 Å². The van der Waals surface area contributed by atoms with E-state index >= 15 is 0 Å². The van der Waals surface area contributed by atoms with Crippen molar-refractivity contribution in [3.63, 3.8) is 0 Å². The van der Waals surface area contributed by atoms with Gasteiger partial charge in [-0.05, 0) is 13.8 Å². The molecule has 0 saturated carbocycles. The van der Waals surface area contributed by atoms with Gasteiger partial charge < -0.3 is 5.73 Å². The predicted octanol–water partition coefficient (Wildman–Crippen LogP) is 0.606. The van der Waals surface area contributed by atoms with Crippen molar-refractivity contribution in [2.45, 2.75) is 25.8 Å². The molecule has 0 aromatic rings. The smallest absolute Gasteiger partial charge is 0.251 e. The lowest BCUT2D eigenvalue weighted by Gasteiger charge is -2.37. The van der Waals surface area contributed by atoms with E-state index in [-0.39, 0.29) is 12.1 Å². The van der Waals surface area contributed by atoms with Crippen LogP contribution in [0.25, 0.3) is 0 Å². The van der Waals surface area contributed by atoms with Gasteiger partial charge in [0.1, 0.15) is 0 Å². The summed E-state index contributed by atoms with van der Waals surface area (Å²) in [5.74, 6) is 0. The van der Waals surface area contributed by atoms with Crippen LogP contribution in [0.15, 0.2) is 0 Å². The van der Waals surface area contributed by atoms with Crippen LogP contribution in [0.2, 0.25) is 0 Å². The number of rotatable bonds is 4. The Balaban J connectivity index is 2.24. The number of hydrogen-bond donors (Lipinski definition) is 1. The summed E-state index contributed by atoms with van der Waals surface area (Å²) in [6, 6.07) is 0. The highest BCUT2D eigenvalue weighted by atomic mass is 19.3. The Kier molecular flexibility index (Phi) is 4.43.